The maximum atomic E-state index is 13.8. The van der Waals surface area contributed by atoms with Crippen molar-refractivity contribution in [1.82, 2.24) is 5.32 Å². The minimum atomic E-state index is -0.794. The van der Waals surface area contributed by atoms with Crippen LogP contribution in [0.3, 0.4) is 0 Å². The Morgan fingerprint density at radius 1 is 0.930 bits per heavy atom. The van der Waals surface area contributed by atoms with Gasteiger partial charge in [-0.2, -0.15) is 5.11 Å². The summed E-state index contributed by atoms with van der Waals surface area (Å²) >= 11 is 0. The number of allylic oxidation sites excluding steroid dienone is 1. The zero-order chi connectivity index (χ0) is 31.9. The zero-order valence-corrected chi connectivity index (χ0v) is 26.9. The van der Waals surface area contributed by atoms with E-state index in [9.17, 15) is 14.4 Å². The van der Waals surface area contributed by atoms with Crippen LogP contribution in [0.1, 0.15) is 97.3 Å². The molecular weight excluding hydrogens is 538 g/mol. The molecule has 0 bridgehead atoms. The number of carbonyl (C=O) groups is 3. The molecule has 232 valence electrons. The molecule has 0 saturated heterocycles. The molecule has 3 amide bonds. The van der Waals surface area contributed by atoms with E-state index >= 15 is 0 Å². The first-order valence-electron chi connectivity index (χ1n) is 15.6. The smallest absolute Gasteiger partial charge is 0.240 e. The Morgan fingerprint density at radius 3 is 2.07 bits per heavy atom. The Labute approximate surface area is 257 Å². The molecule has 2 aromatic carbocycles. The van der Waals surface area contributed by atoms with Gasteiger partial charge in [0.15, 0.2) is 0 Å². The molecule has 0 spiro atoms. The van der Waals surface area contributed by atoms with E-state index in [0.717, 1.165) is 41.5 Å². The van der Waals surface area contributed by atoms with Crippen molar-refractivity contribution in [1.29, 1.82) is 5.53 Å². The molecule has 2 unspecified atom stereocenters. The van der Waals surface area contributed by atoms with Gasteiger partial charge in [0.05, 0.1) is 17.9 Å². The number of primary amides is 1. The molecule has 8 heteroatoms. The van der Waals surface area contributed by atoms with Crippen LogP contribution in [0.25, 0.3) is 11.3 Å². The van der Waals surface area contributed by atoms with Crippen LogP contribution in [-0.2, 0) is 20.9 Å². The highest BCUT2D eigenvalue weighted by Crippen LogP contribution is 2.50. The number of benzene rings is 2. The van der Waals surface area contributed by atoms with E-state index in [1.165, 1.54) is 0 Å². The van der Waals surface area contributed by atoms with Gasteiger partial charge in [0.25, 0.3) is 0 Å². The molecule has 1 aliphatic heterocycles. The minimum absolute atomic E-state index is 0.0463. The number of fused-ring (bicyclic) bond motifs is 2. The van der Waals surface area contributed by atoms with Crippen LogP contribution < -0.4 is 16.0 Å². The molecule has 2 aromatic rings. The second-order valence-electron chi connectivity index (χ2n) is 12.2. The van der Waals surface area contributed by atoms with Crippen molar-refractivity contribution < 1.29 is 14.4 Å². The Kier molecular flexibility index (Phi) is 11.4. The average molecular weight is 588 g/mol. The molecule has 4 N–H and O–H groups in total. The highest BCUT2D eigenvalue weighted by Gasteiger charge is 2.38. The summed E-state index contributed by atoms with van der Waals surface area (Å²) in [5, 5.41) is 6.82. The molecule has 43 heavy (non-hydrogen) atoms. The van der Waals surface area contributed by atoms with Crippen molar-refractivity contribution in [3.05, 3.63) is 65.2 Å². The van der Waals surface area contributed by atoms with E-state index in [1.54, 1.807) is 18.7 Å². The second-order valence-corrected chi connectivity index (χ2v) is 12.2. The van der Waals surface area contributed by atoms with Crippen LogP contribution in [0.5, 0.6) is 0 Å². The van der Waals surface area contributed by atoms with Crippen LogP contribution in [0.4, 0.5) is 5.69 Å². The van der Waals surface area contributed by atoms with Crippen molar-refractivity contribution in [3.8, 4) is 0 Å². The normalized spacial score (nSPS) is 17.2. The third-order valence-electron chi connectivity index (χ3n) is 9.89. The zero-order valence-electron chi connectivity index (χ0n) is 26.9. The number of nitrogens with one attached hydrogen (secondary N) is 2. The Hall–Kier alpha value is -3.81. The lowest BCUT2D eigenvalue weighted by molar-refractivity contribution is -0.129. The molecule has 0 fully saturated rings. The van der Waals surface area contributed by atoms with E-state index in [-0.39, 0.29) is 36.0 Å². The molecule has 1 heterocycles. The Morgan fingerprint density at radius 2 is 1.51 bits per heavy atom. The second kappa shape index (κ2) is 14.6. The van der Waals surface area contributed by atoms with E-state index < -0.39 is 17.9 Å². The summed E-state index contributed by atoms with van der Waals surface area (Å²) in [5.41, 5.74) is 19.0. The van der Waals surface area contributed by atoms with Gasteiger partial charge < -0.3 is 16.0 Å². The first-order valence-corrected chi connectivity index (χ1v) is 15.6. The molecule has 3 atom stereocenters. The quantitative estimate of drug-likeness (QED) is 0.212. The molecule has 3 rings (SSSR count). The number of anilines is 1. The van der Waals surface area contributed by atoms with Gasteiger partial charge in [0.1, 0.15) is 6.04 Å². The van der Waals surface area contributed by atoms with Crippen LogP contribution in [0.15, 0.2) is 53.6 Å². The highest BCUT2D eigenvalue weighted by molar-refractivity contribution is 6.03. The fourth-order valence-electron chi connectivity index (χ4n) is 6.83. The van der Waals surface area contributed by atoms with Gasteiger partial charge in [-0.3, -0.25) is 14.4 Å². The standard InChI is InChI=1S/C35H49N5O3/c1-8-35(9-2,10-3)24(7)23(6)31-26-16-12-11-15-25(26)21-40(28-18-14-13-17-27(28)33(31)39-37)30(42)20-19-29(41)38-32(22(4)5)34(36)43/h11-18,22-24,32,37H,8-10,19-21H2,1-7H3,(H2,36,43)(H,38,41)/b33-31+,39-37?/t23?,24?,32-/m0/s1. The number of amides is 3. The van der Waals surface area contributed by atoms with Gasteiger partial charge in [0, 0.05) is 18.4 Å². The molecule has 1 aliphatic rings. The monoisotopic (exact) mass is 587 g/mol. The summed E-state index contributed by atoms with van der Waals surface area (Å²) in [6.07, 6.45) is 3.08. The summed E-state index contributed by atoms with van der Waals surface area (Å²) in [5.74, 6) is -0.965. The van der Waals surface area contributed by atoms with Gasteiger partial charge in [-0.15, -0.1) is 0 Å². The first kappa shape index (κ1) is 33.7. The summed E-state index contributed by atoms with van der Waals surface area (Å²) in [4.78, 5) is 40.0. The third-order valence-corrected chi connectivity index (χ3v) is 9.89. The van der Waals surface area contributed by atoms with E-state index in [1.807, 2.05) is 42.5 Å². The number of nitrogens with two attached hydrogens (primary N) is 1. The fourth-order valence-corrected chi connectivity index (χ4v) is 6.83. The Balaban J connectivity index is 2.09. The predicted octanol–water partition coefficient (Wildman–Crippen LogP) is 7.33. The molecule has 8 nitrogen and oxygen atoms in total. The van der Waals surface area contributed by atoms with E-state index in [0.29, 0.717) is 23.8 Å². The number of rotatable bonds is 13. The van der Waals surface area contributed by atoms with Crippen LogP contribution in [0.2, 0.25) is 0 Å². The maximum Gasteiger partial charge on any atom is 0.240 e. The van der Waals surface area contributed by atoms with Crippen molar-refractivity contribution in [2.75, 3.05) is 4.90 Å². The first-order chi connectivity index (χ1) is 20.5. The summed E-state index contributed by atoms with van der Waals surface area (Å²) in [7, 11) is 0. The lowest BCUT2D eigenvalue weighted by Gasteiger charge is -2.42. The highest BCUT2D eigenvalue weighted by atomic mass is 16.2. The lowest BCUT2D eigenvalue weighted by atomic mass is 9.63. The predicted molar refractivity (Wildman–Crippen MR) is 173 cm³/mol. The van der Waals surface area contributed by atoms with Gasteiger partial charge in [-0.25, -0.2) is 5.53 Å². The summed E-state index contributed by atoms with van der Waals surface area (Å²) in [6.45, 7) is 15.3. The molecular formula is C35H49N5O3. The van der Waals surface area contributed by atoms with E-state index in [4.69, 9.17) is 11.3 Å². The summed E-state index contributed by atoms with van der Waals surface area (Å²) < 4.78 is 0. The molecule has 0 aromatic heterocycles. The third kappa shape index (κ3) is 7.06. The largest absolute Gasteiger partial charge is 0.368 e. The number of carbonyl (C=O) groups excluding carboxylic acids is 3. The van der Waals surface area contributed by atoms with Crippen LogP contribution >= 0.6 is 0 Å². The van der Waals surface area contributed by atoms with Crippen molar-refractivity contribution >= 4 is 34.7 Å². The van der Waals surface area contributed by atoms with Crippen molar-refractivity contribution in [3.63, 3.8) is 0 Å². The maximum absolute atomic E-state index is 13.8. The molecule has 0 radical (unpaired) electrons. The van der Waals surface area contributed by atoms with Crippen molar-refractivity contribution in [2.45, 2.75) is 93.2 Å². The summed E-state index contributed by atoms with van der Waals surface area (Å²) in [6, 6.07) is 14.9. The van der Waals surface area contributed by atoms with Gasteiger partial charge in [0.2, 0.25) is 17.7 Å². The van der Waals surface area contributed by atoms with Crippen LogP contribution in [-0.4, -0.2) is 23.8 Å². The SMILES string of the molecule is CCC(CC)(CC)C(C)C(C)/C1=C(\N=N)c2ccccc2N(C(=O)CCC(=O)N[C@H](C(N)=O)C(C)C)Cc2ccccc21. The Bertz CT molecular complexity index is 1350. The minimum Gasteiger partial charge on any atom is -0.368 e. The van der Waals surface area contributed by atoms with Gasteiger partial charge in [-0.1, -0.05) is 110 Å². The molecule has 0 saturated carbocycles. The topological polar surface area (TPSA) is 129 Å². The number of nitrogens with zero attached hydrogens (tertiary/aromatic N) is 2. The average Bonchev–Trinajstić information content (AvgIpc) is 3.00. The number of para-hydroxylation sites is 1. The number of hydrogen-bond acceptors (Lipinski definition) is 5. The van der Waals surface area contributed by atoms with Gasteiger partial charge >= 0.3 is 0 Å². The van der Waals surface area contributed by atoms with E-state index in [2.05, 4.69) is 51.1 Å². The lowest BCUT2D eigenvalue weighted by Crippen LogP contribution is -2.47. The van der Waals surface area contributed by atoms with Gasteiger partial charge in [-0.05, 0) is 45.9 Å². The molecule has 0 aliphatic carbocycles. The van der Waals surface area contributed by atoms with Crippen LogP contribution in [0, 0.1) is 28.7 Å². The number of hydrogen-bond donors (Lipinski definition) is 3. The van der Waals surface area contributed by atoms with Crippen molar-refractivity contribution in [2.24, 2.45) is 34.0 Å². The fraction of sp³-hybridized carbons (Fsp3) is 0.514.